The maximum atomic E-state index is 11.3. The van der Waals surface area contributed by atoms with Crippen LogP contribution < -0.4 is 18.3 Å². The summed E-state index contributed by atoms with van der Waals surface area (Å²) in [5, 5.41) is 0. The van der Waals surface area contributed by atoms with Crippen LogP contribution in [0.15, 0.2) is 24.5 Å². The molecule has 0 saturated carbocycles. The maximum absolute atomic E-state index is 11.3. The molecule has 0 bridgehead atoms. The molecule has 1 aromatic heterocycles. The Kier molecular flexibility index (Phi) is 7.38. The fourth-order valence-corrected chi connectivity index (χ4v) is 1.62. The van der Waals surface area contributed by atoms with E-state index in [0.29, 0.717) is 0 Å². The number of hydrogen-bond acceptors (Lipinski definition) is 5. The highest BCUT2D eigenvalue weighted by Crippen LogP contribution is 2.05. The molecule has 1 aromatic rings. The van der Waals surface area contributed by atoms with Gasteiger partial charge in [0.15, 0.2) is 12.4 Å². The van der Waals surface area contributed by atoms with E-state index < -0.39 is 19.4 Å². The number of pyridine rings is 1. The molecule has 1 rings (SSSR count). The molecule has 20 heavy (non-hydrogen) atoms. The van der Waals surface area contributed by atoms with Crippen LogP contribution in [-0.2, 0) is 19.4 Å². The first-order valence-electron chi connectivity index (χ1n) is 5.29. The van der Waals surface area contributed by atoms with E-state index >= 15 is 0 Å². The maximum Gasteiger partial charge on any atom is 0.444 e. The molecule has 0 aromatic carbocycles. The molecule has 11 heteroatoms. The average Bonchev–Trinajstić information content (AvgIpc) is 2.38. The quantitative estimate of drug-likeness (QED) is 0.541. The van der Waals surface area contributed by atoms with Gasteiger partial charge >= 0.3 is 10.2 Å². The molecule has 2 N–H and O–H groups in total. The number of nitrogens with zero attached hydrogens (tertiary/aromatic N) is 2. The molecule has 0 aliphatic carbocycles. The minimum absolute atomic E-state index is 0.951. The van der Waals surface area contributed by atoms with E-state index in [0.717, 1.165) is 9.66 Å². The molecular formula is C9H18ClN4O4S2+. The molecule has 0 spiro atoms. The van der Waals surface area contributed by atoms with Gasteiger partial charge in [0.2, 0.25) is 0 Å². The summed E-state index contributed by atoms with van der Waals surface area (Å²) in [4.78, 5) is 1.90. The molecule has 0 aliphatic heterocycles. The molecule has 8 nitrogen and oxygen atoms in total. The van der Waals surface area contributed by atoms with Crippen LogP contribution in [0, 0.1) is 0 Å². The normalized spacial score (nSPS) is 11.4. The third-order valence-corrected chi connectivity index (χ3v) is 4.35. The largest absolute Gasteiger partial charge is 0.444 e. The van der Waals surface area contributed by atoms with Crippen LogP contribution in [0.25, 0.3) is 0 Å². The van der Waals surface area contributed by atoms with Crippen LogP contribution in [-0.4, -0.2) is 45.0 Å². The molecule has 0 unspecified atom stereocenters. The van der Waals surface area contributed by atoms with Crippen molar-refractivity contribution in [3.05, 3.63) is 24.5 Å². The van der Waals surface area contributed by atoms with Crippen LogP contribution >= 0.6 is 10.7 Å². The number of aromatic nitrogens is 1. The van der Waals surface area contributed by atoms with Gasteiger partial charge in [0.1, 0.15) is 0 Å². The summed E-state index contributed by atoms with van der Waals surface area (Å²) in [7, 11) is 4.15. The summed E-state index contributed by atoms with van der Waals surface area (Å²) in [6.45, 7) is 0. The second kappa shape index (κ2) is 7.74. The van der Waals surface area contributed by atoms with Crippen molar-refractivity contribution >= 4 is 35.8 Å². The van der Waals surface area contributed by atoms with Gasteiger partial charge in [-0.25, -0.2) is 4.72 Å². The average molecular weight is 346 g/mol. The molecule has 0 radical (unpaired) electrons. The first-order valence-corrected chi connectivity index (χ1v) is 9.04. The zero-order valence-electron chi connectivity index (χ0n) is 11.5. The van der Waals surface area contributed by atoms with Gasteiger partial charge < -0.3 is 4.90 Å². The van der Waals surface area contributed by atoms with Gasteiger partial charge in [0, 0.05) is 56.7 Å². The van der Waals surface area contributed by atoms with Crippen LogP contribution in [0.4, 0.5) is 5.69 Å². The summed E-state index contributed by atoms with van der Waals surface area (Å²) < 4.78 is 47.1. The van der Waals surface area contributed by atoms with Gasteiger partial charge in [-0.15, -0.1) is 8.42 Å². The topological polar surface area (TPSA) is 99.5 Å². The number of halogens is 1. The van der Waals surface area contributed by atoms with Gasteiger partial charge in [-0.2, -0.15) is 13.1 Å². The molecule has 0 atom stereocenters. The molecular weight excluding hydrogens is 328 g/mol. The van der Waals surface area contributed by atoms with E-state index in [-0.39, 0.29) is 0 Å². The Bertz CT molecular complexity index is 614. The van der Waals surface area contributed by atoms with Crippen molar-refractivity contribution < 1.29 is 20.8 Å². The number of nitrogens with one attached hydrogen (secondary N) is 2. The zero-order valence-corrected chi connectivity index (χ0v) is 13.9. The molecule has 116 valence electrons. The Labute approximate surface area is 124 Å². The van der Waals surface area contributed by atoms with Gasteiger partial charge in [-0.05, 0) is 0 Å². The van der Waals surface area contributed by atoms with E-state index in [1.165, 1.54) is 26.5 Å². The van der Waals surface area contributed by atoms with Crippen LogP contribution in [0.1, 0.15) is 0 Å². The monoisotopic (exact) mass is 345 g/mol. The van der Waals surface area contributed by atoms with Crippen LogP contribution in [0.5, 0.6) is 0 Å². The number of anilines is 1. The molecule has 0 fully saturated rings. The van der Waals surface area contributed by atoms with E-state index in [2.05, 4.69) is 15.4 Å². The number of hydrogen-bond donors (Lipinski definition) is 2. The van der Waals surface area contributed by atoms with E-state index in [1.54, 1.807) is 12.1 Å². The summed E-state index contributed by atoms with van der Waals surface area (Å²) in [5.41, 5.74) is 0.951. The molecule has 0 saturated heterocycles. The SMILES string of the molecule is CNS(=O)(=O)Cl.CNS(=O)(=O)[n+]1ccc(N(C)C)cc1. The Morgan fingerprint density at radius 2 is 1.45 bits per heavy atom. The molecule has 0 aliphatic rings. The van der Waals surface area contributed by atoms with E-state index in [4.69, 9.17) is 0 Å². The lowest BCUT2D eigenvalue weighted by Gasteiger charge is -2.09. The Balaban J connectivity index is 0.000000511. The second-order valence-corrected chi connectivity index (χ2v) is 7.91. The van der Waals surface area contributed by atoms with Crippen molar-refractivity contribution in [3.63, 3.8) is 0 Å². The molecule has 0 amide bonds. The molecule has 1 heterocycles. The first-order chi connectivity index (χ1) is 9.03. The fourth-order valence-electron chi connectivity index (χ4n) is 0.969. The third kappa shape index (κ3) is 7.01. The first kappa shape index (κ1) is 19.1. The third-order valence-electron chi connectivity index (χ3n) is 2.08. The summed E-state index contributed by atoms with van der Waals surface area (Å²) in [6, 6.07) is 3.46. The minimum atomic E-state index is -3.44. The van der Waals surface area contributed by atoms with Gasteiger partial charge in [0.05, 0.1) is 0 Å². The highest BCUT2D eigenvalue weighted by molar-refractivity contribution is 8.12. The van der Waals surface area contributed by atoms with E-state index in [1.807, 2.05) is 23.7 Å². The minimum Gasteiger partial charge on any atom is -0.377 e. The Hall–Kier alpha value is -0.940. The van der Waals surface area contributed by atoms with Crippen molar-refractivity contribution in [3.8, 4) is 0 Å². The lowest BCUT2D eigenvalue weighted by molar-refractivity contribution is -0.512. The summed E-state index contributed by atoms with van der Waals surface area (Å²) >= 11 is 0. The van der Waals surface area contributed by atoms with Crippen molar-refractivity contribution in [1.29, 1.82) is 0 Å². The van der Waals surface area contributed by atoms with Crippen LogP contribution in [0.2, 0.25) is 0 Å². The predicted molar refractivity (Wildman–Crippen MR) is 78.2 cm³/mol. The standard InChI is InChI=1S/C8H14N3O2S.CH4ClNO2S/c1-9-14(12,13)11-6-4-8(5-7-11)10(2)3;1-3-6(2,4)5/h4-7,9H,1-3H3;3H,1H3/q+1;. The van der Waals surface area contributed by atoms with Crippen molar-refractivity contribution in [2.24, 2.45) is 0 Å². The van der Waals surface area contributed by atoms with Crippen LogP contribution in [0.3, 0.4) is 0 Å². The highest BCUT2D eigenvalue weighted by Gasteiger charge is 2.17. The Morgan fingerprint density at radius 1 is 1.05 bits per heavy atom. The second-order valence-electron chi connectivity index (χ2n) is 3.63. The summed E-state index contributed by atoms with van der Waals surface area (Å²) in [5.74, 6) is 0. The van der Waals surface area contributed by atoms with Gasteiger partial charge in [-0.3, -0.25) is 0 Å². The number of rotatable bonds is 4. The van der Waals surface area contributed by atoms with E-state index in [9.17, 15) is 16.8 Å². The zero-order chi connectivity index (χ0) is 16.0. The lowest BCUT2D eigenvalue weighted by Crippen LogP contribution is -2.48. The Morgan fingerprint density at radius 3 is 1.70 bits per heavy atom. The van der Waals surface area contributed by atoms with Crippen molar-refractivity contribution in [1.82, 2.24) is 9.44 Å². The van der Waals surface area contributed by atoms with Crippen molar-refractivity contribution in [2.75, 3.05) is 33.1 Å². The van der Waals surface area contributed by atoms with Gasteiger partial charge in [-0.1, -0.05) is 3.97 Å². The van der Waals surface area contributed by atoms with Crippen molar-refractivity contribution in [2.45, 2.75) is 0 Å². The fraction of sp³-hybridized carbons (Fsp3) is 0.444. The smallest absolute Gasteiger partial charge is 0.377 e. The summed E-state index contributed by atoms with van der Waals surface area (Å²) in [6.07, 6.45) is 3.00. The van der Waals surface area contributed by atoms with Gasteiger partial charge in [0.25, 0.3) is 9.24 Å². The lowest BCUT2D eigenvalue weighted by atomic mass is 10.4. The highest BCUT2D eigenvalue weighted by atomic mass is 35.7. The predicted octanol–water partition coefficient (Wildman–Crippen LogP) is -0.958.